The van der Waals surface area contributed by atoms with Crippen molar-refractivity contribution in [2.45, 2.75) is 19.4 Å². The molecule has 0 spiro atoms. The molecule has 0 saturated carbocycles. The largest absolute Gasteiger partial charge is 0.310 e. The van der Waals surface area contributed by atoms with E-state index in [9.17, 15) is 17.6 Å². The van der Waals surface area contributed by atoms with Gasteiger partial charge in [0.1, 0.15) is 0 Å². The zero-order valence-corrected chi connectivity index (χ0v) is 11.5. The second-order valence-electron chi connectivity index (χ2n) is 4.67. The van der Waals surface area contributed by atoms with Crippen molar-refractivity contribution >= 4 is 0 Å². The molecule has 0 fully saturated rings. The van der Waals surface area contributed by atoms with Gasteiger partial charge < -0.3 is 5.32 Å². The molecule has 5 heteroatoms. The van der Waals surface area contributed by atoms with E-state index in [-0.39, 0.29) is 17.5 Å². The van der Waals surface area contributed by atoms with Crippen LogP contribution >= 0.6 is 0 Å². The number of halogens is 4. The van der Waals surface area contributed by atoms with Gasteiger partial charge in [-0.25, -0.2) is 17.6 Å². The van der Waals surface area contributed by atoms with Crippen LogP contribution in [0.3, 0.4) is 0 Å². The Kier molecular flexibility index (Phi) is 4.96. The van der Waals surface area contributed by atoms with Crippen molar-refractivity contribution in [3.63, 3.8) is 0 Å². The molecule has 1 unspecified atom stereocenters. The van der Waals surface area contributed by atoms with Crippen LogP contribution < -0.4 is 5.32 Å². The molecular formula is C16H15F4N. The standard InChI is InChI=1S/C16H15F4N/c1-2-21-14(11-6-4-8-13(18)16(11)20)9-10-5-3-7-12(17)15(10)19/h3-8,14,21H,2,9H2,1H3. The van der Waals surface area contributed by atoms with Gasteiger partial charge in [0.05, 0.1) is 0 Å². The smallest absolute Gasteiger partial charge is 0.163 e. The van der Waals surface area contributed by atoms with Crippen molar-refractivity contribution in [3.8, 4) is 0 Å². The van der Waals surface area contributed by atoms with Gasteiger partial charge in [0.15, 0.2) is 23.3 Å². The summed E-state index contributed by atoms with van der Waals surface area (Å²) in [6, 6.07) is 7.04. The van der Waals surface area contributed by atoms with Crippen LogP contribution in [0.5, 0.6) is 0 Å². The SMILES string of the molecule is CCNC(Cc1cccc(F)c1F)c1cccc(F)c1F. The van der Waals surface area contributed by atoms with E-state index in [4.69, 9.17) is 0 Å². The van der Waals surface area contributed by atoms with Crippen molar-refractivity contribution < 1.29 is 17.6 Å². The lowest BCUT2D eigenvalue weighted by Gasteiger charge is -2.19. The Labute approximate surface area is 120 Å². The molecule has 0 saturated heterocycles. The van der Waals surface area contributed by atoms with Crippen LogP contribution in [0.15, 0.2) is 36.4 Å². The summed E-state index contributed by atoms with van der Waals surface area (Å²) in [5.41, 5.74) is 0.213. The zero-order valence-electron chi connectivity index (χ0n) is 11.5. The van der Waals surface area contributed by atoms with Gasteiger partial charge in [0, 0.05) is 11.6 Å². The number of benzene rings is 2. The van der Waals surface area contributed by atoms with Crippen LogP contribution in [0, 0.1) is 23.3 Å². The monoisotopic (exact) mass is 297 g/mol. The van der Waals surface area contributed by atoms with Gasteiger partial charge in [0.25, 0.3) is 0 Å². The molecule has 2 aromatic rings. The summed E-state index contributed by atoms with van der Waals surface area (Å²) >= 11 is 0. The maximum atomic E-state index is 13.9. The zero-order chi connectivity index (χ0) is 15.4. The van der Waals surface area contributed by atoms with E-state index in [1.807, 2.05) is 0 Å². The molecule has 0 aromatic heterocycles. The maximum absolute atomic E-state index is 13.9. The molecule has 1 nitrogen and oxygen atoms in total. The molecule has 1 atom stereocenters. The van der Waals surface area contributed by atoms with Gasteiger partial charge in [-0.3, -0.25) is 0 Å². The van der Waals surface area contributed by atoms with Gasteiger partial charge >= 0.3 is 0 Å². The van der Waals surface area contributed by atoms with Crippen molar-refractivity contribution in [2.75, 3.05) is 6.54 Å². The van der Waals surface area contributed by atoms with E-state index < -0.39 is 29.3 Å². The Hall–Kier alpha value is -1.88. The summed E-state index contributed by atoms with van der Waals surface area (Å²) in [7, 11) is 0. The van der Waals surface area contributed by atoms with Crippen LogP contribution in [0.25, 0.3) is 0 Å². The summed E-state index contributed by atoms with van der Waals surface area (Å²) in [5, 5.41) is 2.97. The molecule has 0 aliphatic carbocycles. The molecule has 21 heavy (non-hydrogen) atoms. The highest BCUT2D eigenvalue weighted by atomic mass is 19.2. The van der Waals surface area contributed by atoms with Crippen molar-refractivity contribution in [1.29, 1.82) is 0 Å². The number of nitrogens with one attached hydrogen (secondary N) is 1. The third-order valence-corrected chi connectivity index (χ3v) is 3.26. The van der Waals surface area contributed by atoms with Gasteiger partial charge in [-0.15, -0.1) is 0 Å². The minimum atomic E-state index is -0.972. The Bertz CT molecular complexity index is 628. The lowest BCUT2D eigenvalue weighted by Crippen LogP contribution is -2.24. The molecule has 0 radical (unpaired) electrons. The second-order valence-corrected chi connectivity index (χ2v) is 4.67. The molecule has 2 aromatic carbocycles. The van der Waals surface area contributed by atoms with E-state index in [1.54, 1.807) is 6.92 Å². The Balaban J connectivity index is 2.35. The van der Waals surface area contributed by atoms with Crippen molar-refractivity contribution in [2.24, 2.45) is 0 Å². The fourth-order valence-corrected chi connectivity index (χ4v) is 2.25. The van der Waals surface area contributed by atoms with Gasteiger partial charge in [0.2, 0.25) is 0 Å². The predicted octanol–water partition coefficient (Wildman–Crippen LogP) is 4.14. The van der Waals surface area contributed by atoms with Crippen LogP contribution in [-0.2, 0) is 6.42 Å². The normalized spacial score (nSPS) is 12.4. The Morgan fingerprint density at radius 1 is 0.905 bits per heavy atom. The summed E-state index contributed by atoms with van der Waals surface area (Å²) in [6.07, 6.45) is 0.0256. The average Bonchev–Trinajstić information content (AvgIpc) is 2.46. The molecule has 0 heterocycles. The number of hydrogen-bond donors (Lipinski definition) is 1. The molecule has 0 aliphatic heterocycles. The van der Waals surface area contributed by atoms with Gasteiger partial charge in [-0.1, -0.05) is 31.2 Å². The quantitative estimate of drug-likeness (QED) is 0.818. The minimum Gasteiger partial charge on any atom is -0.310 e. The minimum absolute atomic E-state index is 0.0256. The van der Waals surface area contributed by atoms with Crippen molar-refractivity contribution in [3.05, 3.63) is 70.8 Å². The molecule has 0 aliphatic rings. The van der Waals surface area contributed by atoms with Crippen LogP contribution in [0.4, 0.5) is 17.6 Å². The lowest BCUT2D eigenvalue weighted by molar-refractivity contribution is 0.453. The topological polar surface area (TPSA) is 12.0 Å². The Morgan fingerprint density at radius 3 is 2.19 bits per heavy atom. The molecule has 1 N–H and O–H groups in total. The van der Waals surface area contributed by atoms with Crippen LogP contribution in [0.2, 0.25) is 0 Å². The summed E-state index contributed by atoms with van der Waals surface area (Å²) in [5.74, 6) is -3.85. The molecule has 112 valence electrons. The molecular weight excluding hydrogens is 282 g/mol. The fourth-order valence-electron chi connectivity index (χ4n) is 2.25. The summed E-state index contributed by atoms with van der Waals surface area (Å²) in [6.45, 7) is 2.28. The summed E-state index contributed by atoms with van der Waals surface area (Å²) < 4.78 is 54.2. The number of likely N-dealkylation sites (N-methyl/N-ethyl adjacent to an activating group) is 1. The van der Waals surface area contributed by atoms with Gasteiger partial charge in [-0.2, -0.15) is 0 Å². The highest BCUT2D eigenvalue weighted by molar-refractivity contribution is 5.27. The number of hydrogen-bond acceptors (Lipinski definition) is 1. The third kappa shape index (κ3) is 3.42. The van der Waals surface area contributed by atoms with E-state index in [0.717, 1.165) is 12.1 Å². The fraction of sp³-hybridized carbons (Fsp3) is 0.250. The second kappa shape index (κ2) is 6.72. The van der Waals surface area contributed by atoms with E-state index in [0.29, 0.717) is 6.54 Å². The molecule has 2 rings (SSSR count). The first-order chi connectivity index (χ1) is 10.0. The van der Waals surface area contributed by atoms with E-state index in [2.05, 4.69) is 5.32 Å². The first-order valence-corrected chi connectivity index (χ1v) is 6.64. The van der Waals surface area contributed by atoms with E-state index in [1.165, 1.54) is 24.3 Å². The molecule has 0 bridgehead atoms. The predicted molar refractivity (Wildman–Crippen MR) is 72.8 cm³/mol. The van der Waals surface area contributed by atoms with Crippen LogP contribution in [-0.4, -0.2) is 6.54 Å². The Morgan fingerprint density at radius 2 is 1.52 bits per heavy atom. The molecule has 0 amide bonds. The first-order valence-electron chi connectivity index (χ1n) is 6.64. The third-order valence-electron chi connectivity index (χ3n) is 3.26. The maximum Gasteiger partial charge on any atom is 0.163 e. The lowest BCUT2D eigenvalue weighted by atomic mass is 9.97. The number of rotatable bonds is 5. The van der Waals surface area contributed by atoms with Gasteiger partial charge in [-0.05, 0) is 30.7 Å². The highest BCUT2D eigenvalue weighted by Gasteiger charge is 2.20. The first kappa shape index (κ1) is 15.5. The van der Waals surface area contributed by atoms with E-state index >= 15 is 0 Å². The average molecular weight is 297 g/mol. The van der Waals surface area contributed by atoms with Crippen molar-refractivity contribution in [1.82, 2.24) is 5.32 Å². The highest BCUT2D eigenvalue weighted by Crippen LogP contribution is 2.24. The van der Waals surface area contributed by atoms with Crippen LogP contribution in [0.1, 0.15) is 24.1 Å². The summed E-state index contributed by atoms with van der Waals surface area (Å²) in [4.78, 5) is 0.